The molecule has 2 N–H and O–H groups in total. The zero-order chi connectivity index (χ0) is 18.2. The second-order valence-electron chi connectivity index (χ2n) is 5.68. The summed E-state index contributed by atoms with van der Waals surface area (Å²) < 4.78 is 4.93. The van der Waals surface area contributed by atoms with Crippen LogP contribution in [-0.2, 0) is 20.9 Å². The number of nitrogens with two attached hydrogens (primary N) is 1. The van der Waals surface area contributed by atoms with Crippen LogP contribution in [0.15, 0.2) is 42.5 Å². The lowest BCUT2D eigenvalue weighted by Crippen LogP contribution is -2.47. The van der Waals surface area contributed by atoms with Gasteiger partial charge in [0.15, 0.2) is 0 Å². The molecule has 5 nitrogen and oxygen atoms in total. The summed E-state index contributed by atoms with van der Waals surface area (Å²) in [7, 11) is 1.34. The SMILES string of the molecule is COC(=O)[C@H](CCSC)N(Cc1cccc2ccccc12)C(=O)CN. The molecule has 0 bridgehead atoms. The quantitative estimate of drug-likeness (QED) is 0.732. The fourth-order valence-electron chi connectivity index (χ4n) is 2.87. The molecular formula is C19H24N2O3S. The van der Waals surface area contributed by atoms with Crippen molar-refractivity contribution in [1.29, 1.82) is 0 Å². The van der Waals surface area contributed by atoms with Crippen LogP contribution < -0.4 is 5.73 Å². The Morgan fingerprint density at radius 1 is 1.20 bits per heavy atom. The van der Waals surface area contributed by atoms with Crippen molar-refractivity contribution < 1.29 is 14.3 Å². The summed E-state index contributed by atoms with van der Waals surface area (Å²) in [5.41, 5.74) is 6.58. The molecule has 2 rings (SSSR count). The lowest BCUT2D eigenvalue weighted by molar-refractivity contribution is -0.153. The van der Waals surface area contributed by atoms with Gasteiger partial charge in [0, 0.05) is 6.54 Å². The fourth-order valence-corrected chi connectivity index (χ4v) is 3.33. The van der Waals surface area contributed by atoms with Crippen molar-refractivity contribution in [1.82, 2.24) is 4.90 Å². The Balaban J connectivity index is 2.38. The summed E-state index contributed by atoms with van der Waals surface area (Å²) in [6, 6.07) is 13.3. The first-order chi connectivity index (χ1) is 12.1. The van der Waals surface area contributed by atoms with Gasteiger partial charge in [0.2, 0.25) is 5.91 Å². The van der Waals surface area contributed by atoms with Gasteiger partial charge < -0.3 is 15.4 Å². The van der Waals surface area contributed by atoms with Gasteiger partial charge in [0.25, 0.3) is 0 Å². The van der Waals surface area contributed by atoms with Crippen molar-refractivity contribution in [2.24, 2.45) is 5.73 Å². The largest absolute Gasteiger partial charge is 0.467 e. The summed E-state index contributed by atoms with van der Waals surface area (Å²) in [6.07, 6.45) is 2.50. The number of hydrogen-bond donors (Lipinski definition) is 1. The van der Waals surface area contributed by atoms with E-state index >= 15 is 0 Å². The number of benzene rings is 2. The number of carbonyl (C=O) groups is 2. The van der Waals surface area contributed by atoms with E-state index in [1.807, 2.05) is 48.7 Å². The Hall–Kier alpha value is -2.05. The zero-order valence-corrected chi connectivity index (χ0v) is 15.4. The highest BCUT2D eigenvalue weighted by Crippen LogP contribution is 2.22. The Morgan fingerprint density at radius 3 is 2.60 bits per heavy atom. The van der Waals surface area contributed by atoms with Gasteiger partial charge in [-0.25, -0.2) is 4.79 Å². The van der Waals surface area contributed by atoms with Gasteiger partial charge in [-0.15, -0.1) is 0 Å². The van der Waals surface area contributed by atoms with E-state index in [4.69, 9.17) is 10.5 Å². The standard InChI is InChI=1S/C19H24N2O3S/c1-24-19(23)17(10-11-25-2)21(18(22)12-20)13-15-8-5-7-14-6-3-4-9-16(14)15/h3-9,17H,10-13,20H2,1-2H3/t17-/m0/s1. The van der Waals surface area contributed by atoms with Crippen molar-refractivity contribution in [3.63, 3.8) is 0 Å². The number of esters is 1. The van der Waals surface area contributed by atoms with E-state index in [2.05, 4.69) is 0 Å². The van der Waals surface area contributed by atoms with Crippen LogP contribution in [0.5, 0.6) is 0 Å². The van der Waals surface area contributed by atoms with Crippen LogP contribution in [0, 0.1) is 0 Å². The molecule has 0 fully saturated rings. The Morgan fingerprint density at radius 2 is 1.92 bits per heavy atom. The third-order valence-corrected chi connectivity index (χ3v) is 4.80. The third-order valence-electron chi connectivity index (χ3n) is 4.16. The number of carbonyl (C=O) groups excluding carboxylic acids is 2. The van der Waals surface area contributed by atoms with E-state index in [9.17, 15) is 9.59 Å². The van der Waals surface area contributed by atoms with Crippen LogP contribution in [0.25, 0.3) is 10.8 Å². The first-order valence-electron chi connectivity index (χ1n) is 8.15. The molecular weight excluding hydrogens is 336 g/mol. The minimum Gasteiger partial charge on any atom is -0.467 e. The molecule has 1 amide bonds. The first-order valence-corrected chi connectivity index (χ1v) is 9.54. The minimum absolute atomic E-state index is 0.141. The van der Waals surface area contributed by atoms with E-state index < -0.39 is 12.0 Å². The van der Waals surface area contributed by atoms with Crippen LogP contribution >= 0.6 is 11.8 Å². The molecule has 0 unspecified atom stereocenters. The number of nitrogens with zero attached hydrogens (tertiary/aromatic N) is 1. The Bertz CT molecular complexity index is 730. The van der Waals surface area contributed by atoms with Gasteiger partial charge >= 0.3 is 5.97 Å². The number of thioether (sulfide) groups is 1. The number of fused-ring (bicyclic) bond motifs is 1. The predicted molar refractivity (Wildman–Crippen MR) is 102 cm³/mol. The molecule has 2 aromatic rings. The summed E-state index contributed by atoms with van der Waals surface area (Å²) in [5, 5.41) is 2.16. The van der Waals surface area contributed by atoms with Crippen LogP contribution in [0.4, 0.5) is 0 Å². The summed E-state index contributed by atoms with van der Waals surface area (Å²) >= 11 is 1.63. The van der Waals surface area contributed by atoms with Crippen LogP contribution in [-0.4, -0.2) is 48.5 Å². The van der Waals surface area contributed by atoms with Crippen molar-refractivity contribution in [3.05, 3.63) is 48.0 Å². The van der Waals surface area contributed by atoms with Crippen molar-refractivity contribution in [2.45, 2.75) is 19.0 Å². The summed E-state index contributed by atoms with van der Waals surface area (Å²) in [4.78, 5) is 26.3. The van der Waals surface area contributed by atoms with Gasteiger partial charge in [-0.05, 0) is 34.8 Å². The average molecular weight is 360 g/mol. The first kappa shape index (κ1) is 19.3. The number of ether oxygens (including phenoxy) is 1. The van der Waals surface area contributed by atoms with Gasteiger partial charge in [0.05, 0.1) is 13.7 Å². The maximum Gasteiger partial charge on any atom is 0.328 e. The molecule has 0 heterocycles. The van der Waals surface area contributed by atoms with Crippen molar-refractivity contribution in [2.75, 3.05) is 25.7 Å². The van der Waals surface area contributed by atoms with Crippen molar-refractivity contribution >= 4 is 34.4 Å². The highest BCUT2D eigenvalue weighted by atomic mass is 32.2. The molecule has 134 valence electrons. The third kappa shape index (κ3) is 4.74. The number of amides is 1. The molecule has 6 heteroatoms. The second kappa shape index (κ2) is 9.44. The molecule has 0 aromatic heterocycles. The molecule has 0 spiro atoms. The van der Waals surface area contributed by atoms with Crippen LogP contribution in [0.1, 0.15) is 12.0 Å². The summed E-state index contributed by atoms with van der Waals surface area (Å²) in [5.74, 6) is 0.0874. The maximum absolute atomic E-state index is 12.5. The van der Waals surface area contributed by atoms with Crippen molar-refractivity contribution in [3.8, 4) is 0 Å². The normalized spacial score (nSPS) is 12.0. The van der Waals surface area contributed by atoms with E-state index in [1.165, 1.54) is 7.11 Å². The monoisotopic (exact) mass is 360 g/mol. The molecule has 0 saturated carbocycles. The predicted octanol–water partition coefficient (Wildman–Crippen LogP) is 2.42. The molecule has 0 aliphatic rings. The molecule has 0 aliphatic heterocycles. The average Bonchev–Trinajstić information content (AvgIpc) is 2.66. The number of methoxy groups -OCH3 is 1. The molecule has 0 aliphatic carbocycles. The number of hydrogen-bond acceptors (Lipinski definition) is 5. The smallest absolute Gasteiger partial charge is 0.328 e. The molecule has 25 heavy (non-hydrogen) atoms. The second-order valence-corrected chi connectivity index (χ2v) is 6.67. The highest BCUT2D eigenvalue weighted by molar-refractivity contribution is 7.98. The van der Waals surface area contributed by atoms with E-state index in [0.717, 1.165) is 22.1 Å². The Kier molecular flexibility index (Phi) is 7.28. The molecule has 0 saturated heterocycles. The van der Waals surface area contributed by atoms with Gasteiger partial charge in [-0.3, -0.25) is 4.79 Å². The molecule has 1 atom stereocenters. The fraction of sp³-hybridized carbons (Fsp3) is 0.368. The number of rotatable bonds is 8. The van der Waals surface area contributed by atoms with E-state index in [-0.39, 0.29) is 12.5 Å². The van der Waals surface area contributed by atoms with Crippen LogP contribution in [0.2, 0.25) is 0 Å². The van der Waals surface area contributed by atoms with Gasteiger partial charge in [0.1, 0.15) is 6.04 Å². The summed E-state index contributed by atoms with van der Waals surface area (Å²) in [6.45, 7) is 0.184. The molecule has 0 radical (unpaired) electrons. The minimum atomic E-state index is -0.632. The van der Waals surface area contributed by atoms with Gasteiger partial charge in [-0.2, -0.15) is 11.8 Å². The highest BCUT2D eigenvalue weighted by Gasteiger charge is 2.30. The zero-order valence-electron chi connectivity index (χ0n) is 14.6. The topological polar surface area (TPSA) is 72.6 Å². The Labute approximate surface area is 152 Å². The van der Waals surface area contributed by atoms with Gasteiger partial charge in [-0.1, -0.05) is 42.5 Å². The maximum atomic E-state index is 12.5. The van der Waals surface area contributed by atoms with E-state index in [0.29, 0.717) is 13.0 Å². The molecule has 2 aromatic carbocycles. The van der Waals surface area contributed by atoms with Crippen LogP contribution in [0.3, 0.4) is 0 Å². The van der Waals surface area contributed by atoms with E-state index in [1.54, 1.807) is 16.7 Å². The lowest BCUT2D eigenvalue weighted by atomic mass is 10.0. The lowest BCUT2D eigenvalue weighted by Gasteiger charge is -2.30.